The zero-order chi connectivity index (χ0) is 19.5. The van der Waals surface area contributed by atoms with Gasteiger partial charge in [0.25, 0.3) is 0 Å². The van der Waals surface area contributed by atoms with E-state index in [1.807, 2.05) is 0 Å². The molecule has 2 saturated heterocycles. The summed E-state index contributed by atoms with van der Waals surface area (Å²) < 4.78 is 5.95. The number of rotatable bonds is 6. The lowest BCUT2D eigenvalue weighted by Crippen LogP contribution is -2.34. The number of carboxylic acids is 2. The molecule has 1 aromatic rings. The summed E-state index contributed by atoms with van der Waals surface area (Å²) >= 11 is 0. The molecule has 0 radical (unpaired) electrons. The molecule has 0 aromatic heterocycles. The molecular formula is C19H29N3O5. The lowest BCUT2D eigenvalue weighted by molar-refractivity contribution is -0.159. The van der Waals surface area contributed by atoms with Crippen molar-refractivity contribution in [1.29, 1.82) is 0 Å². The highest BCUT2D eigenvalue weighted by Gasteiger charge is 2.25. The molecule has 3 rings (SSSR count). The van der Waals surface area contributed by atoms with Crippen molar-refractivity contribution in [2.75, 3.05) is 26.2 Å². The second-order valence-corrected chi connectivity index (χ2v) is 6.71. The van der Waals surface area contributed by atoms with Crippen LogP contribution in [0.3, 0.4) is 0 Å². The highest BCUT2D eigenvalue weighted by molar-refractivity contribution is 6.27. The maximum absolute atomic E-state index is 9.10. The van der Waals surface area contributed by atoms with Gasteiger partial charge in [-0.2, -0.15) is 0 Å². The molecular weight excluding hydrogens is 350 g/mol. The van der Waals surface area contributed by atoms with E-state index in [-0.39, 0.29) is 6.23 Å². The topological polar surface area (TPSA) is 111 Å². The number of aliphatic carboxylic acids is 2. The first-order valence-corrected chi connectivity index (χ1v) is 9.42. The molecule has 1 aromatic carbocycles. The quantitative estimate of drug-likeness (QED) is 0.436. The zero-order valence-electron chi connectivity index (χ0n) is 15.5. The molecule has 4 N–H and O–H groups in total. The molecule has 150 valence electrons. The number of benzene rings is 1. The minimum Gasteiger partial charge on any atom is -0.473 e. The highest BCUT2D eigenvalue weighted by Crippen LogP contribution is 2.22. The summed E-state index contributed by atoms with van der Waals surface area (Å²) in [6, 6.07) is 10.9. The fourth-order valence-corrected chi connectivity index (χ4v) is 3.24. The van der Waals surface area contributed by atoms with Gasteiger partial charge in [-0.15, -0.1) is 0 Å². The minimum absolute atomic E-state index is 0.136. The van der Waals surface area contributed by atoms with Gasteiger partial charge in [-0.3, -0.25) is 0 Å². The van der Waals surface area contributed by atoms with Gasteiger partial charge in [0.05, 0.1) is 6.04 Å². The summed E-state index contributed by atoms with van der Waals surface area (Å²) in [6.45, 7) is 4.58. The van der Waals surface area contributed by atoms with Crippen LogP contribution in [0.25, 0.3) is 0 Å². The lowest BCUT2D eigenvalue weighted by atomic mass is 10.1. The van der Waals surface area contributed by atoms with Crippen LogP contribution in [0.4, 0.5) is 0 Å². The van der Waals surface area contributed by atoms with Gasteiger partial charge < -0.3 is 19.8 Å². The van der Waals surface area contributed by atoms with Crippen LogP contribution in [-0.2, 0) is 14.3 Å². The maximum atomic E-state index is 9.10. The van der Waals surface area contributed by atoms with Gasteiger partial charge in [-0.1, -0.05) is 36.8 Å². The smallest absolute Gasteiger partial charge is 0.414 e. The van der Waals surface area contributed by atoms with Crippen molar-refractivity contribution in [3.05, 3.63) is 35.9 Å². The van der Waals surface area contributed by atoms with Gasteiger partial charge in [-0.05, 0) is 37.9 Å². The van der Waals surface area contributed by atoms with E-state index in [9.17, 15) is 0 Å². The standard InChI is InChI=1S/C17H27N3O.C2H2O4/c1-3-8-15(9-4-1)16-14-17(19-18-16)21-13-7-12-20-10-5-2-6-11-20;3-1(4)2(5)6/h1,3-4,8-9,16-19H,2,5-7,10-14H2;(H,3,4)(H,5,6). The summed E-state index contributed by atoms with van der Waals surface area (Å²) in [5, 5.41) is 14.8. The number of nitrogens with one attached hydrogen (secondary N) is 2. The number of ether oxygens (including phenoxy) is 1. The van der Waals surface area contributed by atoms with E-state index in [1.54, 1.807) is 0 Å². The fourth-order valence-electron chi connectivity index (χ4n) is 3.24. The predicted molar refractivity (Wildman–Crippen MR) is 100.0 cm³/mol. The third kappa shape index (κ3) is 8.04. The number of carboxylic acid groups (broad SMARTS) is 2. The minimum atomic E-state index is -1.82. The molecule has 0 saturated carbocycles. The van der Waals surface area contributed by atoms with Crippen molar-refractivity contribution in [3.8, 4) is 0 Å². The SMILES string of the molecule is O=C(O)C(=O)O.c1ccc(C2CC(OCCCN3CCCCC3)NN2)cc1. The average Bonchev–Trinajstić information content (AvgIpc) is 3.16. The van der Waals surface area contributed by atoms with Gasteiger partial charge in [0.1, 0.15) is 6.23 Å². The van der Waals surface area contributed by atoms with Gasteiger partial charge in [0, 0.05) is 19.6 Å². The lowest BCUT2D eigenvalue weighted by Gasteiger charge is -2.26. The molecule has 0 aliphatic carbocycles. The first-order chi connectivity index (χ1) is 13.1. The molecule has 2 aliphatic heterocycles. The molecule has 8 heteroatoms. The highest BCUT2D eigenvalue weighted by atomic mass is 16.5. The Morgan fingerprint density at radius 2 is 1.70 bits per heavy atom. The Morgan fingerprint density at radius 3 is 2.33 bits per heavy atom. The van der Waals surface area contributed by atoms with E-state index < -0.39 is 11.9 Å². The Hall–Kier alpha value is -2.00. The summed E-state index contributed by atoms with van der Waals surface area (Å²) in [5.41, 5.74) is 7.91. The predicted octanol–water partition coefficient (Wildman–Crippen LogP) is 1.60. The Balaban J connectivity index is 0.000000380. The summed E-state index contributed by atoms with van der Waals surface area (Å²) in [5.74, 6) is -3.65. The third-order valence-electron chi connectivity index (χ3n) is 4.64. The van der Waals surface area contributed by atoms with Crippen molar-refractivity contribution >= 4 is 11.9 Å². The van der Waals surface area contributed by atoms with Gasteiger partial charge >= 0.3 is 11.9 Å². The normalized spacial score (nSPS) is 22.7. The molecule has 2 atom stereocenters. The van der Waals surface area contributed by atoms with E-state index in [0.717, 1.165) is 19.4 Å². The molecule has 2 unspecified atom stereocenters. The van der Waals surface area contributed by atoms with Crippen molar-refractivity contribution in [2.24, 2.45) is 0 Å². The monoisotopic (exact) mass is 379 g/mol. The molecule has 0 bridgehead atoms. The third-order valence-corrected chi connectivity index (χ3v) is 4.64. The van der Waals surface area contributed by atoms with E-state index in [0.29, 0.717) is 6.04 Å². The first kappa shape index (κ1) is 21.3. The Morgan fingerprint density at radius 1 is 1.04 bits per heavy atom. The van der Waals surface area contributed by atoms with Crippen LogP contribution in [0.5, 0.6) is 0 Å². The van der Waals surface area contributed by atoms with Crippen LogP contribution in [0.1, 0.15) is 43.7 Å². The molecule has 0 spiro atoms. The van der Waals surface area contributed by atoms with Crippen molar-refractivity contribution < 1.29 is 24.5 Å². The molecule has 27 heavy (non-hydrogen) atoms. The summed E-state index contributed by atoms with van der Waals surface area (Å²) in [4.78, 5) is 20.8. The van der Waals surface area contributed by atoms with Crippen LogP contribution in [0, 0.1) is 0 Å². The Bertz CT molecular complexity index is 566. The van der Waals surface area contributed by atoms with E-state index in [2.05, 4.69) is 46.1 Å². The largest absolute Gasteiger partial charge is 0.473 e. The zero-order valence-corrected chi connectivity index (χ0v) is 15.5. The number of hydrogen-bond acceptors (Lipinski definition) is 6. The first-order valence-electron chi connectivity index (χ1n) is 9.42. The van der Waals surface area contributed by atoms with E-state index in [4.69, 9.17) is 24.5 Å². The van der Waals surface area contributed by atoms with Crippen LogP contribution in [-0.4, -0.2) is 59.5 Å². The Kier molecular flexibility index (Phi) is 9.20. The summed E-state index contributed by atoms with van der Waals surface area (Å²) in [6.07, 6.45) is 6.41. The molecule has 0 amide bonds. The van der Waals surface area contributed by atoms with Crippen molar-refractivity contribution in [3.63, 3.8) is 0 Å². The fraction of sp³-hybridized carbons (Fsp3) is 0.579. The second kappa shape index (κ2) is 11.7. The van der Waals surface area contributed by atoms with Crippen LogP contribution < -0.4 is 10.9 Å². The molecule has 2 aliphatic rings. The van der Waals surface area contributed by atoms with Gasteiger partial charge in [-0.25, -0.2) is 20.4 Å². The number of carbonyl (C=O) groups is 2. The number of nitrogens with zero attached hydrogens (tertiary/aromatic N) is 1. The number of piperidine rings is 1. The second-order valence-electron chi connectivity index (χ2n) is 6.71. The Labute approximate surface area is 159 Å². The molecule has 2 fully saturated rings. The number of hydrazine groups is 1. The maximum Gasteiger partial charge on any atom is 0.414 e. The van der Waals surface area contributed by atoms with E-state index >= 15 is 0 Å². The van der Waals surface area contributed by atoms with Crippen LogP contribution in [0.2, 0.25) is 0 Å². The average molecular weight is 379 g/mol. The van der Waals surface area contributed by atoms with E-state index in [1.165, 1.54) is 44.5 Å². The van der Waals surface area contributed by atoms with Gasteiger partial charge in [0.15, 0.2) is 0 Å². The number of hydrogen-bond donors (Lipinski definition) is 4. The van der Waals surface area contributed by atoms with Crippen molar-refractivity contribution in [1.82, 2.24) is 15.8 Å². The van der Waals surface area contributed by atoms with Gasteiger partial charge in [0.2, 0.25) is 0 Å². The van der Waals surface area contributed by atoms with Crippen LogP contribution in [0.15, 0.2) is 30.3 Å². The molecule has 8 nitrogen and oxygen atoms in total. The van der Waals surface area contributed by atoms with Crippen molar-refractivity contribution in [2.45, 2.75) is 44.4 Å². The summed E-state index contributed by atoms with van der Waals surface area (Å²) in [7, 11) is 0. The van der Waals surface area contributed by atoms with Crippen LogP contribution >= 0.6 is 0 Å². The molecule has 2 heterocycles. The number of likely N-dealkylation sites (tertiary alicyclic amines) is 1.